The van der Waals surface area contributed by atoms with Gasteiger partial charge in [0.2, 0.25) is 5.91 Å². The molecule has 1 N–H and O–H groups in total. The first kappa shape index (κ1) is 17.2. The van der Waals surface area contributed by atoms with E-state index in [1.54, 1.807) is 11.8 Å². The second-order valence-corrected chi connectivity index (χ2v) is 6.83. The molecule has 1 amide bonds. The molecule has 22 heavy (non-hydrogen) atoms. The third-order valence-electron chi connectivity index (χ3n) is 3.54. The molecule has 1 saturated heterocycles. The molecular weight excluding hydrogens is 298 g/mol. The molecule has 0 aliphatic carbocycles. The second kappa shape index (κ2) is 9.06. The van der Waals surface area contributed by atoms with E-state index in [1.807, 2.05) is 25.1 Å². The summed E-state index contributed by atoms with van der Waals surface area (Å²) in [6.07, 6.45) is 2.84. The molecule has 1 aromatic carbocycles. The lowest BCUT2D eigenvalue weighted by Gasteiger charge is -2.16. The van der Waals surface area contributed by atoms with Crippen LogP contribution in [0.25, 0.3) is 0 Å². The van der Waals surface area contributed by atoms with Gasteiger partial charge in [-0.25, -0.2) is 0 Å². The fourth-order valence-corrected chi connectivity index (χ4v) is 2.95. The van der Waals surface area contributed by atoms with E-state index in [1.165, 1.54) is 0 Å². The van der Waals surface area contributed by atoms with Gasteiger partial charge in [-0.15, -0.1) is 0 Å². The lowest BCUT2D eigenvalue weighted by Crippen LogP contribution is -2.18. The highest BCUT2D eigenvalue weighted by Gasteiger charge is 2.17. The zero-order valence-electron chi connectivity index (χ0n) is 13.4. The lowest BCUT2D eigenvalue weighted by molar-refractivity contribution is -0.115. The summed E-state index contributed by atoms with van der Waals surface area (Å²) < 4.78 is 11.5. The standard InChI is InChI=1S/C17H25NO3S/c1-3-22-10-8-17(19)18-15-7-6-13(2)11-16(15)21-12-14-5-4-9-20-14/h6-7,11,14H,3-5,8-10,12H2,1-2H3,(H,18,19)/t14-/m1/s1. The first-order valence-electron chi connectivity index (χ1n) is 7.91. The van der Waals surface area contributed by atoms with Crippen LogP contribution in [0.1, 0.15) is 31.7 Å². The summed E-state index contributed by atoms with van der Waals surface area (Å²) in [5.41, 5.74) is 1.86. The third kappa shape index (κ3) is 5.54. The van der Waals surface area contributed by atoms with Gasteiger partial charge < -0.3 is 14.8 Å². The topological polar surface area (TPSA) is 47.6 Å². The fourth-order valence-electron chi connectivity index (χ4n) is 2.33. The monoisotopic (exact) mass is 323 g/mol. The Bertz CT molecular complexity index is 487. The van der Waals surface area contributed by atoms with Crippen LogP contribution < -0.4 is 10.1 Å². The van der Waals surface area contributed by atoms with Crippen LogP contribution in [-0.2, 0) is 9.53 Å². The van der Waals surface area contributed by atoms with Crippen molar-refractivity contribution in [3.8, 4) is 5.75 Å². The van der Waals surface area contributed by atoms with Crippen molar-refractivity contribution in [2.24, 2.45) is 0 Å². The van der Waals surface area contributed by atoms with Crippen LogP contribution in [0.3, 0.4) is 0 Å². The highest BCUT2D eigenvalue weighted by Crippen LogP contribution is 2.27. The van der Waals surface area contributed by atoms with Gasteiger partial charge in [-0.05, 0) is 43.2 Å². The van der Waals surface area contributed by atoms with Crippen LogP contribution in [0, 0.1) is 6.92 Å². The molecule has 0 spiro atoms. The third-order valence-corrected chi connectivity index (χ3v) is 4.44. The highest BCUT2D eigenvalue weighted by atomic mass is 32.2. The molecule has 1 heterocycles. The molecule has 1 aliphatic heterocycles. The number of amides is 1. The number of thioether (sulfide) groups is 1. The van der Waals surface area contributed by atoms with E-state index in [9.17, 15) is 4.79 Å². The number of aryl methyl sites for hydroxylation is 1. The molecule has 0 aromatic heterocycles. The molecule has 5 heteroatoms. The van der Waals surface area contributed by atoms with Gasteiger partial charge in [-0.2, -0.15) is 11.8 Å². The molecule has 2 rings (SSSR count). The maximum absolute atomic E-state index is 12.0. The van der Waals surface area contributed by atoms with Crippen LogP contribution in [0.2, 0.25) is 0 Å². The number of hydrogen-bond acceptors (Lipinski definition) is 4. The Morgan fingerprint density at radius 2 is 2.36 bits per heavy atom. The number of anilines is 1. The number of ether oxygens (including phenoxy) is 2. The zero-order valence-corrected chi connectivity index (χ0v) is 14.2. The van der Waals surface area contributed by atoms with Crippen molar-refractivity contribution in [1.82, 2.24) is 0 Å². The largest absolute Gasteiger partial charge is 0.489 e. The Morgan fingerprint density at radius 3 is 3.09 bits per heavy atom. The quantitative estimate of drug-likeness (QED) is 0.742. The Kier molecular flexibility index (Phi) is 7.06. The minimum absolute atomic E-state index is 0.0340. The summed E-state index contributed by atoms with van der Waals surface area (Å²) in [6, 6.07) is 5.85. The van der Waals surface area contributed by atoms with E-state index < -0.39 is 0 Å². The maximum atomic E-state index is 12.0. The normalized spacial score (nSPS) is 17.5. The van der Waals surface area contributed by atoms with Gasteiger partial charge in [0, 0.05) is 18.8 Å². The highest BCUT2D eigenvalue weighted by molar-refractivity contribution is 7.99. The van der Waals surface area contributed by atoms with Crippen molar-refractivity contribution in [1.29, 1.82) is 0 Å². The molecule has 122 valence electrons. The fraction of sp³-hybridized carbons (Fsp3) is 0.588. The first-order valence-corrected chi connectivity index (χ1v) is 9.07. The smallest absolute Gasteiger partial charge is 0.225 e. The van der Waals surface area contributed by atoms with Gasteiger partial charge in [-0.3, -0.25) is 4.79 Å². The van der Waals surface area contributed by atoms with Gasteiger partial charge in [0.25, 0.3) is 0 Å². The van der Waals surface area contributed by atoms with Crippen molar-refractivity contribution in [2.45, 2.75) is 39.2 Å². The van der Waals surface area contributed by atoms with E-state index in [4.69, 9.17) is 9.47 Å². The molecule has 1 aromatic rings. The summed E-state index contributed by atoms with van der Waals surface area (Å²) in [4.78, 5) is 12.0. The van der Waals surface area contributed by atoms with Crippen LogP contribution in [0.5, 0.6) is 5.75 Å². The Labute approximate surface area is 137 Å². The van der Waals surface area contributed by atoms with Gasteiger partial charge in [0.05, 0.1) is 11.8 Å². The summed E-state index contributed by atoms with van der Waals surface area (Å²) in [5.74, 6) is 2.65. The Balaban J connectivity index is 1.92. The van der Waals surface area contributed by atoms with Gasteiger partial charge in [0.1, 0.15) is 12.4 Å². The van der Waals surface area contributed by atoms with Gasteiger partial charge >= 0.3 is 0 Å². The maximum Gasteiger partial charge on any atom is 0.225 e. The number of benzene rings is 1. The van der Waals surface area contributed by atoms with E-state index in [2.05, 4.69) is 12.2 Å². The molecule has 0 saturated carbocycles. The molecule has 0 unspecified atom stereocenters. The summed E-state index contributed by atoms with van der Waals surface area (Å²) in [6.45, 7) is 5.47. The molecule has 4 nitrogen and oxygen atoms in total. The summed E-state index contributed by atoms with van der Waals surface area (Å²) in [5, 5.41) is 2.95. The molecule has 1 fully saturated rings. The first-order chi connectivity index (χ1) is 10.7. The molecule has 1 aliphatic rings. The van der Waals surface area contributed by atoms with Crippen molar-refractivity contribution in [3.05, 3.63) is 23.8 Å². The van der Waals surface area contributed by atoms with E-state index in [0.717, 1.165) is 48.0 Å². The summed E-state index contributed by atoms with van der Waals surface area (Å²) in [7, 11) is 0. The van der Waals surface area contributed by atoms with E-state index in [-0.39, 0.29) is 12.0 Å². The number of nitrogens with one attached hydrogen (secondary N) is 1. The van der Waals surface area contributed by atoms with Gasteiger partial charge in [0.15, 0.2) is 0 Å². The van der Waals surface area contributed by atoms with Crippen molar-refractivity contribution < 1.29 is 14.3 Å². The predicted molar refractivity (Wildman–Crippen MR) is 91.9 cm³/mol. The number of rotatable bonds is 8. The molecular formula is C17H25NO3S. The van der Waals surface area contributed by atoms with Crippen LogP contribution in [0.15, 0.2) is 18.2 Å². The molecule has 1 atom stereocenters. The minimum Gasteiger partial charge on any atom is -0.489 e. The number of carbonyl (C=O) groups excluding carboxylic acids is 1. The summed E-state index contributed by atoms with van der Waals surface area (Å²) >= 11 is 1.77. The van der Waals surface area contributed by atoms with E-state index in [0.29, 0.717) is 13.0 Å². The van der Waals surface area contributed by atoms with Crippen molar-refractivity contribution in [2.75, 3.05) is 30.0 Å². The van der Waals surface area contributed by atoms with Crippen LogP contribution in [-0.4, -0.2) is 36.7 Å². The van der Waals surface area contributed by atoms with E-state index >= 15 is 0 Å². The van der Waals surface area contributed by atoms with Crippen molar-refractivity contribution >= 4 is 23.4 Å². The van der Waals surface area contributed by atoms with Crippen LogP contribution >= 0.6 is 11.8 Å². The SMILES string of the molecule is CCSCCC(=O)Nc1ccc(C)cc1OC[C@H]1CCCO1. The minimum atomic E-state index is 0.0340. The zero-order chi connectivity index (χ0) is 15.8. The average Bonchev–Trinajstić information content (AvgIpc) is 3.01. The lowest BCUT2D eigenvalue weighted by atomic mass is 10.2. The predicted octanol–water partition coefficient (Wildman–Crippen LogP) is 3.63. The average molecular weight is 323 g/mol. The number of hydrogen-bond donors (Lipinski definition) is 1. The van der Waals surface area contributed by atoms with Crippen LogP contribution in [0.4, 0.5) is 5.69 Å². The Hall–Kier alpha value is -1.20. The molecule has 0 bridgehead atoms. The Morgan fingerprint density at radius 1 is 1.50 bits per heavy atom. The second-order valence-electron chi connectivity index (χ2n) is 5.44. The van der Waals surface area contributed by atoms with Gasteiger partial charge in [-0.1, -0.05) is 13.0 Å². The molecule has 0 radical (unpaired) electrons. The number of carbonyl (C=O) groups is 1. The van der Waals surface area contributed by atoms with Crippen molar-refractivity contribution in [3.63, 3.8) is 0 Å².